The van der Waals surface area contributed by atoms with Gasteiger partial charge in [-0.05, 0) is 19.2 Å². The van der Waals surface area contributed by atoms with E-state index in [1.807, 2.05) is 26.2 Å². The third-order valence-corrected chi connectivity index (χ3v) is 3.60. The number of nitrogens with one attached hydrogen (secondary N) is 1. The molecular weight excluding hydrogens is 308 g/mol. The van der Waals surface area contributed by atoms with Gasteiger partial charge >= 0.3 is 0 Å². The highest BCUT2D eigenvalue weighted by molar-refractivity contribution is 9.10. The summed E-state index contributed by atoms with van der Waals surface area (Å²) >= 11 is 3.45. The lowest BCUT2D eigenvalue weighted by Crippen LogP contribution is -2.21. The maximum Gasteiger partial charge on any atom is 0.138 e. The molecular formula is C13H17BrN4O. The lowest BCUT2D eigenvalue weighted by molar-refractivity contribution is 0.399. The minimum absolute atomic E-state index is 0.131. The van der Waals surface area contributed by atoms with Gasteiger partial charge in [0, 0.05) is 29.5 Å². The van der Waals surface area contributed by atoms with E-state index in [0.29, 0.717) is 0 Å². The van der Waals surface area contributed by atoms with Gasteiger partial charge in [-0.3, -0.25) is 4.68 Å². The molecule has 2 rings (SSSR count). The Kier molecular flexibility index (Phi) is 4.55. The molecule has 1 aromatic heterocycles. The van der Waals surface area contributed by atoms with Crippen LogP contribution in [0.2, 0.25) is 0 Å². The normalized spacial score (nSPS) is 12.4. The van der Waals surface area contributed by atoms with Crippen molar-refractivity contribution in [3.63, 3.8) is 0 Å². The molecule has 6 heteroatoms. The van der Waals surface area contributed by atoms with E-state index in [-0.39, 0.29) is 6.04 Å². The summed E-state index contributed by atoms with van der Waals surface area (Å²) in [5.41, 5.74) is 1.11. The maximum atomic E-state index is 5.45. The van der Waals surface area contributed by atoms with Crippen molar-refractivity contribution in [3.05, 3.63) is 40.4 Å². The zero-order valence-electron chi connectivity index (χ0n) is 11.2. The first kappa shape index (κ1) is 14.0. The van der Waals surface area contributed by atoms with Crippen molar-refractivity contribution in [2.24, 2.45) is 7.05 Å². The summed E-state index contributed by atoms with van der Waals surface area (Å²) in [7, 11) is 5.51. The van der Waals surface area contributed by atoms with Crippen LogP contribution < -0.4 is 10.1 Å². The average molecular weight is 325 g/mol. The van der Waals surface area contributed by atoms with Gasteiger partial charge in [-0.15, -0.1) is 0 Å². The van der Waals surface area contributed by atoms with Gasteiger partial charge < -0.3 is 10.1 Å². The Morgan fingerprint density at radius 3 is 2.84 bits per heavy atom. The number of aromatic nitrogens is 3. The SMILES string of the molecule is CNC(Cc1ncnn1C)c1ccc(Br)cc1OC. The maximum absolute atomic E-state index is 5.45. The van der Waals surface area contributed by atoms with Crippen molar-refractivity contribution in [1.29, 1.82) is 0 Å². The Bertz CT molecular complexity index is 555. The predicted octanol–water partition coefficient (Wildman–Crippen LogP) is 2.09. The van der Waals surface area contributed by atoms with E-state index >= 15 is 0 Å². The summed E-state index contributed by atoms with van der Waals surface area (Å²) in [4.78, 5) is 4.26. The third-order valence-electron chi connectivity index (χ3n) is 3.11. The number of hydrogen-bond donors (Lipinski definition) is 1. The van der Waals surface area contributed by atoms with Gasteiger partial charge in [-0.25, -0.2) is 4.98 Å². The van der Waals surface area contributed by atoms with E-state index in [4.69, 9.17) is 4.74 Å². The lowest BCUT2D eigenvalue weighted by atomic mass is 10.0. The monoisotopic (exact) mass is 324 g/mol. The zero-order chi connectivity index (χ0) is 13.8. The molecule has 102 valence electrons. The number of aryl methyl sites for hydroxylation is 1. The van der Waals surface area contributed by atoms with Crippen molar-refractivity contribution < 1.29 is 4.74 Å². The Labute approximate surface area is 121 Å². The predicted molar refractivity (Wildman–Crippen MR) is 77.2 cm³/mol. The number of hydrogen-bond acceptors (Lipinski definition) is 4. The van der Waals surface area contributed by atoms with Crippen molar-refractivity contribution in [2.45, 2.75) is 12.5 Å². The molecule has 0 aliphatic rings. The standard InChI is InChI=1S/C13H17BrN4O/c1-15-11(7-13-16-8-17-18(13)2)10-5-4-9(14)6-12(10)19-3/h4-6,8,11,15H,7H2,1-3H3. The molecule has 0 saturated carbocycles. The van der Waals surface area contributed by atoms with Gasteiger partial charge in [0.15, 0.2) is 0 Å². The highest BCUT2D eigenvalue weighted by Crippen LogP contribution is 2.29. The minimum Gasteiger partial charge on any atom is -0.496 e. The Morgan fingerprint density at radius 2 is 2.26 bits per heavy atom. The largest absolute Gasteiger partial charge is 0.496 e. The fraction of sp³-hybridized carbons (Fsp3) is 0.385. The molecule has 0 aliphatic heterocycles. The molecule has 1 atom stereocenters. The van der Waals surface area contributed by atoms with Crippen molar-refractivity contribution >= 4 is 15.9 Å². The van der Waals surface area contributed by atoms with Crippen molar-refractivity contribution in [1.82, 2.24) is 20.1 Å². The molecule has 1 unspecified atom stereocenters. The van der Waals surface area contributed by atoms with Gasteiger partial charge in [-0.1, -0.05) is 22.0 Å². The quantitative estimate of drug-likeness (QED) is 0.915. The van der Waals surface area contributed by atoms with Gasteiger partial charge in [0.25, 0.3) is 0 Å². The van der Waals surface area contributed by atoms with E-state index in [2.05, 4.69) is 37.4 Å². The van der Waals surface area contributed by atoms with Crippen LogP contribution in [-0.2, 0) is 13.5 Å². The Morgan fingerprint density at radius 1 is 1.47 bits per heavy atom. The summed E-state index contributed by atoms with van der Waals surface area (Å²) in [6, 6.07) is 6.17. The third kappa shape index (κ3) is 3.13. The number of rotatable bonds is 5. The van der Waals surface area contributed by atoms with Crippen LogP contribution in [0.25, 0.3) is 0 Å². The van der Waals surface area contributed by atoms with E-state index in [9.17, 15) is 0 Å². The number of likely N-dealkylation sites (N-methyl/N-ethyl adjacent to an activating group) is 1. The number of benzene rings is 1. The fourth-order valence-electron chi connectivity index (χ4n) is 2.03. The molecule has 0 aliphatic carbocycles. The van der Waals surface area contributed by atoms with Crippen LogP contribution in [-0.4, -0.2) is 28.9 Å². The number of halogens is 1. The molecule has 1 aromatic carbocycles. The molecule has 1 heterocycles. The summed E-state index contributed by atoms with van der Waals surface area (Å²) in [5, 5.41) is 7.39. The van der Waals surface area contributed by atoms with Gasteiger partial charge in [0.2, 0.25) is 0 Å². The first-order valence-corrected chi connectivity index (χ1v) is 6.78. The molecule has 19 heavy (non-hydrogen) atoms. The first-order valence-electron chi connectivity index (χ1n) is 5.99. The second-order valence-corrected chi connectivity index (χ2v) is 5.15. The van der Waals surface area contributed by atoms with Crippen LogP contribution in [0.15, 0.2) is 29.0 Å². The molecule has 0 bridgehead atoms. The van der Waals surface area contributed by atoms with Gasteiger partial charge in [0.05, 0.1) is 7.11 Å². The lowest BCUT2D eigenvalue weighted by Gasteiger charge is -2.19. The molecule has 1 N–H and O–H groups in total. The zero-order valence-corrected chi connectivity index (χ0v) is 12.8. The van der Waals surface area contributed by atoms with Gasteiger partial charge in [0.1, 0.15) is 17.9 Å². The Hall–Kier alpha value is -1.40. The topological polar surface area (TPSA) is 52.0 Å². The summed E-state index contributed by atoms with van der Waals surface area (Å²) in [5.74, 6) is 1.79. The first-order chi connectivity index (χ1) is 9.15. The van der Waals surface area contributed by atoms with Crippen LogP contribution in [0.5, 0.6) is 5.75 Å². The van der Waals surface area contributed by atoms with E-state index < -0.39 is 0 Å². The molecule has 2 aromatic rings. The average Bonchev–Trinajstić information content (AvgIpc) is 2.81. The van der Waals surface area contributed by atoms with Gasteiger partial charge in [-0.2, -0.15) is 5.10 Å². The van der Waals surface area contributed by atoms with E-state index in [1.54, 1.807) is 18.1 Å². The smallest absolute Gasteiger partial charge is 0.138 e. The molecule has 5 nitrogen and oxygen atoms in total. The second kappa shape index (κ2) is 6.16. The fourth-order valence-corrected chi connectivity index (χ4v) is 2.37. The van der Waals surface area contributed by atoms with Crippen LogP contribution in [0.4, 0.5) is 0 Å². The highest BCUT2D eigenvalue weighted by atomic mass is 79.9. The van der Waals surface area contributed by atoms with Crippen molar-refractivity contribution in [2.75, 3.05) is 14.2 Å². The van der Waals surface area contributed by atoms with Crippen molar-refractivity contribution in [3.8, 4) is 5.75 Å². The summed E-state index contributed by atoms with van der Waals surface area (Å²) in [6.45, 7) is 0. The summed E-state index contributed by atoms with van der Waals surface area (Å²) in [6.07, 6.45) is 2.33. The van der Waals surface area contributed by atoms with Crippen LogP contribution in [0, 0.1) is 0 Å². The Balaban J connectivity index is 2.29. The van der Waals surface area contributed by atoms with Crippen LogP contribution in [0.1, 0.15) is 17.4 Å². The summed E-state index contributed by atoms with van der Waals surface area (Å²) < 4.78 is 8.23. The minimum atomic E-state index is 0.131. The molecule has 0 spiro atoms. The molecule has 0 radical (unpaired) electrons. The highest BCUT2D eigenvalue weighted by Gasteiger charge is 2.17. The number of ether oxygens (including phenoxy) is 1. The second-order valence-electron chi connectivity index (χ2n) is 4.23. The number of nitrogens with zero attached hydrogens (tertiary/aromatic N) is 3. The van der Waals surface area contributed by atoms with Crippen LogP contribution in [0.3, 0.4) is 0 Å². The number of methoxy groups -OCH3 is 1. The van der Waals surface area contributed by atoms with Crippen LogP contribution >= 0.6 is 15.9 Å². The molecule has 0 saturated heterocycles. The molecule has 0 fully saturated rings. The van der Waals surface area contributed by atoms with E-state index in [1.165, 1.54) is 0 Å². The van der Waals surface area contributed by atoms with E-state index in [0.717, 1.165) is 28.0 Å². The molecule has 0 amide bonds.